The first-order chi connectivity index (χ1) is 7.29. The number of nitrogens with zero attached hydrogens (tertiary/aromatic N) is 1. The van der Waals surface area contributed by atoms with E-state index in [9.17, 15) is 0 Å². The Hall–Kier alpha value is -1.22. The summed E-state index contributed by atoms with van der Waals surface area (Å²) in [5.41, 5.74) is 1.25. The predicted octanol–water partition coefficient (Wildman–Crippen LogP) is 1.49. The normalized spacial score (nSPS) is 21.5. The van der Waals surface area contributed by atoms with E-state index in [1.165, 1.54) is 5.69 Å². The quantitative estimate of drug-likeness (QED) is 0.793. The first-order valence-electron chi connectivity index (χ1n) is 5.42. The second kappa shape index (κ2) is 4.53. The summed E-state index contributed by atoms with van der Waals surface area (Å²) in [6.45, 7) is 5.40. The van der Waals surface area contributed by atoms with E-state index in [-0.39, 0.29) is 0 Å². The van der Waals surface area contributed by atoms with Crippen LogP contribution in [-0.4, -0.2) is 32.8 Å². The van der Waals surface area contributed by atoms with Crippen LogP contribution in [0.2, 0.25) is 0 Å². The van der Waals surface area contributed by atoms with E-state index in [0.29, 0.717) is 6.04 Å². The van der Waals surface area contributed by atoms with E-state index in [0.717, 1.165) is 25.4 Å². The van der Waals surface area contributed by atoms with E-state index in [2.05, 4.69) is 29.3 Å². The van der Waals surface area contributed by atoms with Crippen molar-refractivity contribution < 1.29 is 4.74 Å². The van der Waals surface area contributed by atoms with Crippen LogP contribution in [0.5, 0.6) is 5.75 Å². The third-order valence-electron chi connectivity index (χ3n) is 2.79. The van der Waals surface area contributed by atoms with Crippen molar-refractivity contribution in [1.29, 1.82) is 0 Å². The molecule has 0 bridgehead atoms. The smallest absolute Gasteiger partial charge is 0.120 e. The van der Waals surface area contributed by atoms with Gasteiger partial charge in [-0.25, -0.2) is 0 Å². The van der Waals surface area contributed by atoms with Crippen molar-refractivity contribution in [3.8, 4) is 5.75 Å². The zero-order valence-electron chi connectivity index (χ0n) is 9.36. The molecular weight excluding hydrogens is 188 g/mol. The van der Waals surface area contributed by atoms with Gasteiger partial charge >= 0.3 is 0 Å². The molecule has 1 aromatic rings. The molecule has 1 aromatic carbocycles. The van der Waals surface area contributed by atoms with Gasteiger partial charge in [0, 0.05) is 37.4 Å². The maximum atomic E-state index is 5.23. The van der Waals surface area contributed by atoms with Crippen molar-refractivity contribution in [2.24, 2.45) is 0 Å². The van der Waals surface area contributed by atoms with Crippen LogP contribution in [-0.2, 0) is 0 Å². The van der Waals surface area contributed by atoms with Crippen LogP contribution in [0.25, 0.3) is 0 Å². The molecule has 0 aromatic heterocycles. The Kier molecular flexibility index (Phi) is 3.11. The average molecular weight is 206 g/mol. The van der Waals surface area contributed by atoms with E-state index in [4.69, 9.17) is 4.74 Å². The van der Waals surface area contributed by atoms with Crippen molar-refractivity contribution in [2.45, 2.75) is 13.0 Å². The fraction of sp³-hybridized carbons (Fsp3) is 0.500. The van der Waals surface area contributed by atoms with Gasteiger partial charge in [0.1, 0.15) is 5.75 Å². The molecule has 1 fully saturated rings. The highest BCUT2D eigenvalue weighted by atomic mass is 16.5. The molecule has 82 valence electrons. The number of methoxy groups -OCH3 is 1. The second-order valence-electron chi connectivity index (χ2n) is 4.00. The number of benzene rings is 1. The van der Waals surface area contributed by atoms with Gasteiger partial charge < -0.3 is 15.0 Å². The molecule has 3 heteroatoms. The highest BCUT2D eigenvalue weighted by molar-refractivity contribution is 5.51. The van der Waals surface area contributed by atoms with E-state index in [1.807, 2.05) is 12.1 Å². The van der Waals surface area contributed by atoms with Crippen molar-refractivity contribution in [3.05, 3.63) is 24.3 Å². The first kappa shape index (κ1) is 10.3. The largest absolute Gasteiger partial charge is 0.497 e. The third-order valence-corrected chi connectivity index (χ3v) is 2.79. The lowest BCUT2D eigenvalue weighted by atomic mass is 10.2. The van der Waals surface area contributed by atoms with Crippen molar-refractivity contribution >= 4 is 5.69 Å². The molecular formula is C12H18N2O. The molecule has 1 aliphatic rings. The van der Waals surface area contributed by atoms with E-state index >= 15 is 0 Å². The van der Waals surface area contributed by atoms with Crippen molar-refractivity contribution in [1.82, 2.24) is 5.32 Å². The molecule has 1 saturated heterocycles. The van der Waals surface area contributed by atoms with Gasteiger partial charge in [0.2, 0.25) is 0 Å². The fourth-order valence-corrected chi connectivity index (χ4v) is 1.97. The van der Waals surface area contributed by atoms with Crippen LogP contribution in [0.15, 0.2) is 24.3 Å². The Balaban J connectivity index is 2.13. The molecule has 2 rings (SSSR count). The highest BCUT2D eigenvalue weighted by Gasteiger charge is 2.15. The summed E-state index contributed by atoms with van der Waals surface area (Å²) in [4.78, 5) is 2.39. The maximum Gasteiger partial charge on any atom is 0.120 e. The first-order valence-corrected chi connectivity index (χ1v) is 5.42. The SMILES string of the molecule is COc1cccc(N2CCNC(C)C2)c1. The molecule has 0 saturated carbocycles. The number of anilines is 1. The Bertz CT molecular complexity index is 327. The number of hydrogen-bond acceptors (Lipinski definition) is 3. The lowest BCUT2D eigenvalue weighted by Crippen LogP contribution is -2.49. The molecule has 3 nitrogen and oxygen atoms in total. The number of rotatable bonds is 2. The molecule has 1 heterocycles. The van der Waals surface area contributed by atoms with Crippen LogP contribution in [0, 0.1) is 0 Å². The summed E-state index contributed by atoms with van der Waals surface area (Å²) in [6, 6.07) is 8.82. The molecule has 15 heavy (non-hydrogen) atoms. The van der Waals surface area contributed by atoms with Crippen LogP contribution in [0.4, 0.5) is 5.69 Å². The standard InChI is InChI=1S/C12H18N2O/c1-10-9-14(7-6-13-10)11-4-3-5-12(8-11)15-2/h3-5,8,10,13H,6-7,9H2,1-2H3. The summed E-state index contributed by atoms with van der Waals surface area (Å²) in [5, 5.41) is 3.44. The number of ether oxygens (including phenoxy) is 1. The van der Waals surface area contributed by atoms with Crippen molar-refractivity contribution in [3.63, 3.8) is 0 Å². The highest BCUT2D eigenvalue weighted by Crippen LogP contribution is 2.21. The lowest BCUT2D eigenvalue weighted by molar-refractivity contribution is 0.414. The van der Waals surface area contributed by atoms with E-state index < -0.39 is 0 Å². The van der Waals surface area contributed by atoms with Crippen LogP contribution in [0.1, 0.15) is 6.92 Å². The molecule has 0 aliphatic carbocycles. The van der Waals surface area contributed by atoms with Gasteiger partial charge in [-0.15, -0.1) is 0 Å². The predicted molar refractivity (Wildman–Crippen MR) is 62.7 cm³/mol. The zero-order valence-corrected chi connectivity index (χ0v) is 9.36. The maximum absolute atomic E-state index is 5.23. The zero-order chi connectivity index (χ0) is 10.7. The summed E-state index contributed by atoms with van der Waals surface area (Å²) in [6.07, 6.45) is 0. The monoisotopic (exact) mass is 206 g/mol. The number of nitrogens with one attached hydrogen (secondary N) is 1. The third kappa shape index (κ3) is 2.42. The van der Waals surface area contributed by atoms with Gasteiger partial charge in [-0.05, 0) is 19.1 Å². The van der Waals surface area contributed by atoms with E-state index in [1.54, 1.807) is 7.11 Å². The Morgan fingerprint density at radius 1 is 1.47 bits per heavy atom. The Labute approximate surface area is 91.0 Å². The van der Waals surface area contributed by atoms with Crippen LogP contribution >= 0.6 is 0 Å². The number of hydrogen-bond donors (Lipinski definition) is 1. The molecule has 1 aliphatic heterocycles. The molecule has 0 spiro atoms. The van der Waals surface area contributed by atoms with Gasteiger partial charge in [0.15, 0.2) is 0 Å². The van der Waals surface area contributed by atoms with Crippen LogP contribution in [0.3, 0.4) is 0 Å². The minimum atomic E-state index is 0.560. The van der Waals surface area contributed by atoms with Gasteiger partial charge in [-0.3, -0.25) is 0 Å². The summed E-state index contributed by atoms with van der Waals surface area (Å²) >= 11 is 0. The van der Waals surface area contributed by atoms with Gasteiger partial charge in [0.25, 0.3) is 0 Å². The molecule has 1 atom stereocenters. The van der Waals surface area contributed by atoms with Gasteiger partial charge in [-0.1, -0.05) is 6.07 Å². The minimum Gasteiger partial charge on any atom is -0.497 e. The minimum absolute atomic E-state index is 0.560. The van der Waals surface area contributed by atoms with Crippen molar-refractivity contribution in [2.75, 3.05) is 31.6 Å². The van der Waals surface area contributed by atoms with Crippen LogP contribution < -0.4 is 15.0 Å². The lowest BCUT2D eigenvalue weighted by Gasteiger charge is -2.33. The summed E-state index contributed by atoms with van der Waals surface area (Å²) in [5.74, 6) is 0.929. The second-order valence-corrected chi connectivity index (χ2v) is 4.00. The van der Waals surface area contributed by atoms with Gasteiger partial charge in [-0.2, -0.15) is 0 Å². The Morgan fingerprint density at radius 3 is 3.07 bits per heavy atom. The summed E-state index contributed by atoms with van der Waals surface area (Å²) in [7, 11) is 1.71. The topological polar surface area (TPSA) is 24.5 Å². The molecule has 1 N–H and O–H groups in total. The number of piperazine rings is 1. The fourth-order valence-electron chi connectivity index (χ4n) is 1.97. The van der Waals surface area contributed by atoms with Gasteiger partial charge in [0.05, 0.1) is 7.11 Å². The molecule has 0 radical (unpaired) electrons. The molecule has 1 unspecified atom stereocenters. The summed E-state index contributed by atoms with van der Waals surface area (Å²) < 4.78 is 5.23. The Morgan fingerprint density at radius 2 is 2.33 bits per heavy atom. The average Bonchev–Trinajstić information content (AvgIpc) is 2.29. The molecule has 0 amide bonds.